The highest BCUT2D eigenvalue weighted by molar-refractivity contribution is 5.85. The number of hydrogen-bond acceptors (Lipinski definition) is 5. The van der Waals surface area contributed by atoms with Gasteiger partial charge in [0.15, 0.2) is 0 Å². The average Bonchev–Trinajstić information content (AvgIpc) is 2.58. The molecule has 5 nitrogen and oxygen atoms in total. The van der Waals surface area contributed by atoms with Crippen molar-refractivity contribution >= 4 is 10.9 Å². The summed E-state index contributed by atoms with van der Waals surface area (Å²) in [7, 11) is 1.65. The second kappa shape index (κ2) is 5.98. The minimum absolute atomic E-state index is 0.0555. The standard InChI is InChI=1S/C18H21NO4/c1-20-13-2-3-15-16(10-13)19-7-4-17(15)22-12-14-11-18(23-14)5-8-21-9-6-18/h2-4,7,10,14H,5-6,8-9,11-12H2,1H3. The molecule has 1 aromatic carbocycles. The average molecular weight is 315 g/mol. The molecule has 0 amide bonds. The maximum atomic E-state index is 6.10. The van der Waals surface area contributed by atoms with Gasteiger partial charge in [-0.25, -0.2) is 0 Å². The Bertz CT molecular complexity index is 688. The predicted molar refractivity (Wildman–Crippen MR) is 86.1 cm³/mol. The van der Waals surface area contributed by atoms with E-state index in [1.54, 1.807) is 13.3 Å². The molecule has 4 rings (SSSR count). The van der Waals surface area contributed by atoms with Crippen LogP contribution in [0.1, 0.15) is 19.3 Å². The van der Waals surface area contributed by atoms with E-state index in [-0.39, 0.29) is 11.7 Å². The summed E-state index contributed by atoms with van der Waals surface area (Å²) in [5.74, 6) is 1.64. The zero-order valence-electron chi connectivity index (χ0n) is 13.3. The van der Waals surface area contributed by atoms with E-state index >= 15 is 0 Å². The van der Waals surface area contributed by atoms with Gasteiger partial charge < -0.3 is 18.9 Å². The van der Waals surface area contributed by atoms with Gasteiger partial charge in [0.25, 0.3) is 0 Å². The quantitative estimate of drug-likeness (QED) is 0.868. The smallest absolute Gasteiger partial charge is 0.130 e. The Kier molecular flexibility index (Phi) is 3.83. The molecule has 5 heteroatoms. The van der Waals surface area contributed by atoms with E-state index in [1.165, 1.54) is 0 Å². The second-order valence-corrected chi connectivity index (χ2v) is 6.24. The largest absolute Gasteiger partial charge is 0.497 e. The third kappa shape index (κ3) is 2.86. The van der Waals surface area contributed by atoms with Crippen molar-refractivity contribution in [3.63, 3.8) is 0 Å². The molecule has 2 saturated heterocycles. The van der Waals surface area contributed by atoms with Gasteiger partial charge >= 0.3 is 0 Å². The normalized spacial score (nSPS) is 22.7. The number of aromatic nitrogens is 1. The van der Waals surface area contributed by atoms with Gasteiger partial charge in [-0.1, -0.05) is 0 Å². The molecule has 1 atom stereocenters. The zero-order valence-corrected chi connectivity index (χ0v) is 13.3. The fraction of sp³-hybridized carbons (Fsp3) is 0.500. The van der Waals surface area contributed by atoms with E-state index < -0.39 is 0 Å². The molecule has 1 spiro atoms. The molecule has 23 heavy (non-hydrogen) atoms. The Labute approximate surface area is 135 Å². The van der Waals surface area contributed by atoms with Crippen LogP contribution in [0.5, 0.6) is 11.5 Å². The molecule has 0 bridgehead atoms. The lowest BCUT2D eigenvalue weighted by Gasteiger charge is -2.49. The number of hydrogen-bond donors (Lipinski definition) is 0. The number of pyridine rings is 1. The van der Waals surface area contributed by atoms with Gasteiger partial charge in [-0.2, -0.15) is 0 Å². The van der Waals surface area contributed by atoms with Crippen molar-refractivity contribution < 1.29 is 18.9 Å². The molecule has 2 fully saturated rings. The van der Waals surface area contributed by atoms with Crippen molar-refractivity contribution in [1.82, 2.24) is 4.98 Å². The van der Waals surface area contributed by atoms with Crippen molar-refractivity contribution in [1.29, 1.82) is 0 Å². The minimum atomic E-state index is 0.0555. The van der Waals surface area contributed by atoms with E-state index in [1.807, 2.05) is 24.3 Å². The van der Waals surface area contributed by atoms with E-state index in [9.17, 15) is 0 Å². The summed E-state index contributed by atoms with van der Waals surface area (Å²) in [6.45, 7) is 2.20. The van der Waals surface area contributed by atoms with E-state index in [0.29, 0.717) is 6.61 Å². The first-order valence-electron chi connectivity index (χ1n) is 8.09. The third-order valence-electron chi connectivity index (χ3n) is 4.75. The molecule has 0 saturated carbocycles. The van der Waals surface area contributed by atoms with Crippen molar-refractivity contribution in [3.05, 3.63) is 30.5 Å². The molecule has 1 unspecified atom stereocenters. The summed E-state index contributed by atoms with van der Waals surface area (Å²) in [6, 6.07) is 7.72. The van der Waals surface area contributed by atoms with Crippen LogP contribution >= 0.6 is 0 Å². The van der Waals surface area contributed by atoms with Crippen molar-refractivity contribution in [2.75, 3.05) is 26.9 Å². The van der Waals surface area contributed by atoms with Crippen LogP contribution < -0.4 is 9.47 Å². The number of nitrogens with zero attached hydrogens (tertiary/aromatic N) is 1. The predicted octanol–water partition coefficient (Wildman–Crippen LogP) is 2.96. The Morgan fingerprint density at radius 3 is 2.87 bits per heavy atom. The first-order valence-corrected chi connectivity index (χ1v) is 8.09. The molecule has 0 N–H and O–H groups in total. The number of ether oxygens (including phenoxy) is 4. The van der Waals surface area contributed by atoms with Crippen LogP contribution in [0.2, 0.25) is 0 Å². The summed E-state index contributed by atoms with van der Waals surface area (Å²) >= 11 is 0. The Morgan fingerprint density at radius 2 is 2.09 bits per heavy atom. The molecule has 2 aliphatic rings. The monoisotopic (exact) mass is 315 g/mol. The first-order chi connectivity index (χ1) is 11.3. The summed E-state index contributed by atoms with van der Waals surface area (Å²) < 4.78 is 22.7. The van der Waals surface area contributed by atoms with Gasteiger partial charge in [0.05, 0.1) is 24.3 Å². The summed E-state index contributed by atoms with van der Waals surface area (Å²) in [5.41, 5.74) is 0.928. The highest BCUT2D eigenvalue weighted by Gasteiger charge is 2.46. The minimum Gasteiger partial charge on any atom is -0.497 e. The molecule has 122 valence electrons. The maximum absolute atomic E-state index is 6.10. The lowest BCUT2D eigenvalue weighted by atomic mass is 9.82. The van der Waals surface area contributed by atoms with E-state index in [4.69, 9.17) is 18.9 Å². The molecule has 1 aromatic heterocycles. The summed E-state index contributed by atoms with van der Waals surface area (Å²) in [5, 5.41) is 0.994. The zero-order chi connectivity index (χ0) is 15.7. The number of benzene rings is 1. The summed E-state index contributed by atoms with van der Waals surface area (Å²) in [6.07, 6.45) is 5.00. The molecular weight excluding hydrogens is 294 g/mol. The molecule has 2 aliphatic heterocycles. The molecule has 0 radical (unpaired) electrons. The number of methoxy groups -OCH3 is 1. The van der Waals surface area contributed by atoms with Crippen LogP contribution in [0.15, 0.2) is 30.5 Å². The third-order valence-corrected chi connectivity index (χ3v) is 4.75. The topological polar surface area (TPSA) is 49.8 Å². The van der Waals surface area contributed by atoms with Crippen LogP contribution in [0.4, 0.5) is 0 Å². The van der Waals surface area contributed by atoms with E-state index in [2.05, 4.69) is 4.98 Å². The van der Waals surface area contributed by atoms with Crippen LogP contribution in [0.3, 0.4) is 0 Å². The van der Waals surface area contributed by atoms with Crippen LogP contribution in [0.25, 0.3) is 10.9 Å². The van der Waals surface area contributed by atoms with Crippen LogP contribution in [-0.2, 0) is 9.47 Å². The van der Waals surface area contributed by atoms with Gasteiger partial charge in [0.2, 0.25) is 0 Å². The highest BCUT2D eigenvalue weighted by Crippen LogP contribution is 2.41. The van der Waals surface area contributed by atoms with Gasteiger partial charge in [-0.05, 0) is 31.0 Å². The van der Waals surface area contributed by atoms with Crippen LogP contribution in [-0.4, -0.2) is 43.6 Å². The first kappa shape index (κ1) is 14.7. The number of fused-ring (bicyclic) bond motifs is 1. The van der Waals surface area contributed by atoms with Crippen molar-refractivity contribution in [2.24, 2.45) is 0 Å². The van der Waals surface area contributed by atoms with Gasteiger partial charge in [-0.15, -0.1) is 0 Å². The van der Waals surface area contributed by atoms with Gasteiger partial charge in [0.1, 0.15) is 18.1 Å². The van der Waals surface area contributed by atoms with Gasteiger partial charge in [0, 0.05) is 37.3 Å². The lowest BCUT2D eigenvalue weighted by Crippen LogP contribution is -2.55. The molecular formula is C18H21NO4. The van der Waals surface area contributed by atoms with Crippen LogP contribution in [0, 0.1) is 0 Å². The Balaban J connectivity index is 1.41. The fourth-order valence-electron chi connectivity index (χ4n) is 3.45. The molecule has 2 aromatic rings. The van der Waals surface area contributed by atoms with Crippen molar-refractivity contribution in [2.45, 2.75) is 31.0 Å². The van der Waals surface area contributed by atoms with Crippen molar-refractivity contribution in [3.8, 4) is 11.5 Å². The lowest BCUT2D eigenvalue weighted by molar-refractivity contribution is -0.243. The molecule has 3 heterocycles. The Hall–Kier alpha value is -1.85. The SMILES string of the molecule is COc1ccc2c(OCC3CC4(CCOCC4)O3)ccnc2c1. The van der Waals surface area contributed by atoms with E-state index in [0.717, 1.165) is 54.9 Å². The van der Waals surface area contributed by atoms with Gasteiger partial charge in [-0.3, -0.25) is 4.98 Å². The summed E-state index contributed by atoms with van der Waals surface area (Å²) in [4.78, 5) is 4.37. The number of rotatable bonds is 4. The Morgan fingerprint density at radius 1 is 1.26 bits per heavy atom. The maximum Gasteiger partial charge on any atom is 0.130 e. The second-order valence-electron chi connectivity index (χ2n) is 6.24. The highest BCUT2D eigenvalue weighted by atomic mass is 16.6. The molecule has 0 aliphatic carbocycles. The fourth-order valence-corrected chi connectivity index (χ4v) is 3.45.